The van der Waals surface area contributed by atoms with Gasteiger partial charge in [-0.1, -0.05) is 0 Å². The average Bonchev–Trinajstić information content (AvgIpc) is 3.45. The molecular weight excluding hydrogens is 494 g/mol. The predicted octanol–water partition coefficient (Wildman–Crippen LogP) is 7.46. The molecule has 0 spiro atoms. The molecule has 1 aromatic rings. The van der Waals surface area contributed by atoms with Crippen LogP contribution in [0.4, 0.5) is 5.69 Å². The molecule has 1 aliphatic heterocycles. The van der Waals surface area contributed by atoms with Crippen molar-refractivity contribution in [3.05, 3.63) is 40.3 Å². The normalized spacial score (nSPS) is 25.0. The minimum absolute atomic E-state index is 0.194. The Morgan fingerprint density at radius 1 is 0.853 bits per heavy atom. The van der Waals surface area contributed by atoms with Crippen LogP contribution in [-0.2, 0) is 0 Å². The van der Waals surface area contributed by atoms with E-state index in [4.69, 9.17) is 0 Å². The van der Waals surface area contributed by atoms with Crippen LogP contribution in [0.5, 0.6) is 0 Å². The summed E-state index contributed by atoms with van der Waals surface area (Å²) in [6.45, 7) is 26.5. The second-order valence-corrected chi connectivity index (χ2v) is 16.7. The van der Waals surface area contributed by atoms with Crippen molar-refractivity contribution in [2.75, 3.05) is 16.9 Å². The molecule has 1 saturated carbocycles. The van der Waals surface area contributed by atoms with Gasteiger partial charge in [0.15, 0.2) is 0 Å². The maximum atomic E-state index is 2.88. The number of anilines is 1. The molecule has 2 fully saturated rings. The summed E-state index contributed by atoms with van der Waals surface area (Å²) in [5, 5.41) is 1.84. The summed E-state index contributed by atoms with van der Waals surface area (Å²) in [6.07, 6.45) is 4.17. The van der Waals surface area contributed by atoms with E-state index in [1.165, 1.54) is 60.2 Å². The van der Waals surface area contributed by atoms with Crippen molar-refractivity contribution in [2.45, 2.75) is 111 Å². The molecule has 0 unspecified atom stereocenters. The van der Waals surface area contributed by atoms with Crippen LogP contribution in [0.2, 0.25) is 0 Å². The van der Waals surface area contributed by atoms with Crippen molar-refractivity contribution in [1.29, 1.82) is 0 Å². The summed E-state index contributed by atoms with van der Waals surface area (Å²) >= 11 is 1.18. The Hall–Kier alpha value is -0.347. The van der Waals surface area contributed by atoms with Gasteiger partial charge in [-0.15, -0.1) is 0 Å². The summed E-state index contributed by atoms with van der Waals surface area (Å²) in [4.78, 5) is 0. The van der Waals surface area contributed by atoms with Gasteiger partial charge in [0.05, 0.1) is 0 Å². The number of hydrogen-bond donors (Lipinski definition) is 0. The molecule has 1 saturated heterocycles. The summed E-state index contributed by atoms with van der Waals surface area (Å²) < 4.78 is 8.58. The maximum absolute atomic E-state index is 2.88. The van der Waals surface area contributed by atoms with Crippen LogP contribution >= 0.6 is 8.22 Å². The van der Waals surface area contributed by atoms with Crippen molar-refractivity contribution >= 4 is 30.6 Å². The van der Waals surface area contributed by atoms with Crippen molar-refractivity contribution < 1.29 is 0 Å². The van der Waals surface area contributed by atoms with Gasteiger partial charge in [-0.2, -0.15) is 0 Å². The van der Waals surface area contributed by atoms with E-state index >= 15 is 0 Å². The van der Waals surface area contributed by atoms with Gasteiger partial charge in [0.2, 0.25) is 0 Å². The van der Waals surface area contributed by atoms with Crippen molar-refractivity contribution in [2.24, 2.45) is 11.8 Å². The molecule has 1 aromatic carbocycles. The molecule has 0 aromatic heterocycles. The van der Waals surface area contributed by atoms with Crippen molar-refractivity contribution in [1.82, 2.24) is 9.34 Å². The van der Waals surface area contributed by atoms with E-state index in [0.29, 0.717) is 11.8 Å². The first kappa shape index (κ1) is 26.7. The quantitative estimate of drug-likeness (QED) is 0.282. The van der Waals surface area contributed by atoms with Gasteiger partial charge >= 0.3 is 221 Å². The number of hydrogen-bond acceptors (Lipinski definition) is 3. The second kappa shape index (κ2) is 9.51. The van der Waals surface area contributed by atoms with Crippen LogP contribution < -0.4 is 3.86 Å². The number of fused-ring (bicyclic) bond motifs is 2. The number of allylic oxidation sites excluding steroid dienone is 2. The molecule has 0 N–H and O–H groups in total. The summed E-state index contributed by atoms with van der Waals surface area (Å²) in [6, 6.07) is 7.08. The SMILES string of the molecule is CC(C)c1cccc(C(C)C)c1[N]([GeH2])C1=C(P2N(C(C)(C)C)CCN2C(C)(C)C)[C@H]2CC[C@@H]1C2. The van der Waals surface area contributed by atoms with Crippen LogP contribution in [0, 0.1) is 11.8 Å². The first-order valence-electron chi connectivity index (χ1n) is 13.6. The molecule has 34 heavy (non-hydrogen) atoms. The fourth-order valence-electron chi connectivity index (χ4n) is 6.47. The zero-order chi connectivity index (χ0) is 25.2. The molecule has 2 aliphatic carbocycles. The van der Waals surface area contributed by atoms with Crippen LogP contribution in [0.15, 0.2) is 29.2 Å². The van der Waals surface area contributed by atoms with Gasteiger partial charge in [-0.3, -0.25) is 0 Å². The van der Waals surface area contributed by atoms with Gasteiger partial charge in [0.1, 0.15) is 0 Å². The van der Waals surface area contributed by atoms with Gasteiger partial charge in [0, 0.05) is 0 Å². The number of nitrogens with zero attached hydrogens (tertiary/aromatic N) is 3. The first-order valence-corrected chi connectivity index (χ1v) is 16.1. The monoisotopic (exact) mass is 544 g/mol. The van der Waals surface area contributed by atoms with E-state index in [1.807, 2.05) is 5.31 Å². The van der Waals surface area contributed by atoms with Gasteiger partial charge in [0.25, 0.3) is 0 Å². The van der Waals surface area contributed by atoms with E-state index in [0.717, 1.165) is 11.8 Å². The number of benzene rings is 1. The second-order valence-electron chi connectivity index (χ2n) is 13.4. The van der Waals surface area contributed by atoms with E-state index < -0.39 is 8.22 Å². The molecule has 189 valence electrons. The van der Waals surface area contributed by atoms with E-state index in [9.17, 15) is 0 Å². The Bertz CT molecular complexity index is 891. The van der Waals surface area contributed by atoms with Gasteiger partial charge < -0.3 is 0 Å². The van der Waals surface area contributed by atoms with Crippen LogP contribution in [0.25, 0.3) is 0 Å². The van der Waals surface area contributed by atoms with E-state index in [-0.39, 0.29) is 11.1 Å². The number of rotatable bonds is 5. The zero-order valence-corrected chi connectivity index (χ0v) is 27.4. The minimum atomic E-state index is -0.451. The zero-order valence-electron chi connectivity index (χ0n) is 23.6. The fourth-order valence-corrected chi connectivity index (χ4v) is 12.0. The molecule has 1 radical (unpaired) electrons. The number of para-hydroxylation sites is 1. The molecule has 3 aliphatic rings. The summed E-state index contributed by atoms with van der Waals surface area (Å²) in [7, 11) is -0.451. The molecule has 1 heterocycles. The van der Waals surface area contributed by atoms with E-state index in [2.05, 4.69) is 101 Å². The van der Waals surface area contributed by atoms with Crippen molar-refractivity contribution in [3.8, 4) is 0 Å². The third-order valence-electron chi connectivity index (χ3n) is 8.12. The third-order valence-corrected chi connectivity index (χ3v) is 13.0. The Kier molecular flexibility index (Phi) is 7.47. The molecule has 4 rings (SSSR count). The van der Waals surface area contributed by atoms with E-state index in [1.54, 1.807) is 11.4 Å². The summed E-state index contributed by atoms with van der Waals surface area (Å²) in [5.41, 5.74) is 6.74. The Morgan fingerprint density at radius 2 is 1.32 bits per heavy atom. The van der Waals surface area contributed by atoms with Gasteiger partial charge in [-0.25, -0.2) is 0 Å². The van der Waals surface area contributed by atoms with Crippen molar-refractivity contribution in [3.63, 3.8) is 0 Å². The average molecular weight is 543 g/mol. The van der Waals surface area contributed by atoms with Crippen LogP contribution in [0.1, 0.15) is 111 Å². The molecular formula is C29H49GeN3P. The molecule has 0 amide bonds. The predicted molar refractivity (Wildman–Crippen MR) is 153 cm³/mol. The Morgan fingerprint density at radius 3 is 1.76 bits per heavy atom. The Balaban J connectivity index is 1.92. The molecule has 5 heteroatoms. The fraction of sp³-hybridized carbons (Fsp3) is 0.724. The standard InChI is InChI=1S/C29H49GeN3P/c1-19(2)23-12-11-13-24(20(3)4)26(23)33(30)25-21-14-15-22(18-21)27(25)34-31(28(5,6)7)16-17-32(34)29(8,9)10/h11-13,19-22H,14-18,30H2,1-10H3/t21-,22+/m1/s1. The first-order chi connectivity index (χ1) is 15.7. The topological polar surface area (TPSA) is 9.72 Å². The Labute approximate surface area is 220 Å². The van der Waals surface area contributed by atoms with Crippen LogP contribution in [0.3, 0.4) is 0 Å². The molecule has 2 atom stereocenters. The van der Waals surface area contributed by atoms with Gasteiger partial charge in [-0.05, 0) is 0 Å². The molecule has 2 bridgehead atoms. The summed E-state index contributed by atoms with van der Waals surface area (Å²) in [5.74, 6) is 2.61. The third kappa shape index (κ3) is 4.69. The van der Waals surface area contributed by atoms with Crippen LogP contribution in [-0.4, -0.2) is 50.2 Å². The molecule has 3 nitrogen and oxygen atoms in total.